The number of likely N-dealkylation sites (tertiary alicyclic amines) is 1. The van der Waals surface area contributed by atoms with Gasteiger partial charge in [0.15, 0.2) is 0 Å². The van der Waals surface area contributed by atoms with Gasteiger partial charge in [-0.25, -0.2) is 9.36 Å². The molecule has 2 aromatic rings. The van der Waals surface area contributed by atoms with Crippen LogP contribution in [0.1, 0.15) is 31.7 Å². The minimum Gasteiger partial charge on any atom is -0.480 e. The van der Waals surface area contributed by atoms with Gasteiger partial charge in [-0.3, -0.25) is 14.1 Å². The van der Waals surface area contributed by atoms with Crippen LogP contribution in [0.15, 0.2) is 42.5 Å². The van der Waals surface area contributed by atoms with Crippen molar-refractivity contribution in [1.29, 1.82) is 0 Å². The number of nitrogens with one attached hydrogen (secondary N) is 1. The Balaban J connectivity index is 1.72. The van der Waals surface area contributed by atoms with E-state index in [1.165, 1.54) is 11.8 Å². The Bertz CT molecular complexity index is 1140. The minimum atomic E-state index is -4.86. The van der Waals surface area contributed by atoms with Crippen molar-refractivity contribution in [3.8, 4) is 0 Å². The number of rotatable bonds is 9. The zero-order valence-corrected chi connectivity index (χ0v) is 20.1. The molecule has 4 atom stereocenters. The number of nitrogens with zero attached hydrogens (tertiary/aromatic N) is 1. The van der Waals surface area contributed by atoms with Gasteiger partial charge in [0.05, 0.1) is 6.10 Å². The predicted molar refractivity (Wildman–Crippen MR) is 127 cm³/mol. The zero-order chi connectivity index (χ0) is 25.8. The van der Waals surface area contributed by atoms with Crippen molar-refractivity contribution in [3.05, 3.63) is 48.0 Å². The van der Waals surface area contributed by atoms with E-state index >= 15 is 0 Å². The number of carbonyl (C=O) groups is 3. The van der Waals surface area contributed by atoms with Crippen molar-refractivity contribution in [2.75, 3.05) is 6.54 Å². The van der Waals surface area contributed by atoms with Crippen LogP contribution < -0.4 is 11.1 Å². The molecule has 6 N–H and O–H groups in total. The zero-order valence-electron chi connectivity index (χ0n) is 19.2. The summed E-state index contributed by atoms with van der Waals surface area (Å²) in [6.07, 6.45) is 0.317. The Kier molecular flexibility index (Phi) is 8.63. The summed E-state index contributed by atoms with van der Waals surface area (Å²) in [5, 5.41) is 14.2. The van der Waals surface area contributed by atoms with Crippen molar-refractivity contribution in [1.82, 2.24) is 10.2 Å². The molecule has 0 unspecified atom stereocenters. The topological polar surface area (TPSA) is 179 Å². The van der Waals surface area contributed by atoms with Crippen LogP contribution in [0.25, 0.3) is 10.8 Å². The molecule has 12 heteroatoms. The number of aliphatic carboxylic acids is 1. The Labute approximate surface area is 202 Å². The number of hydrogen-bond donors (Lipinski definition) is 5. The summed E-state index contributed by atoms with van der Waals surface area (Å²) in [7, 11) is -4.86. The summed E-state index contributed by atoms with van der Waals surface area (Å²) in [5.41, 5.74) is 6.61. The number of benzene rings is 2. The van der Waals surface area contributed by atoms with Crippen molar-refractivity contribution in [3.63, 3.8) is 0 Å². The number of phosphoric ester groups is 1. The third-order valence-corrected chi connectivity index (χ3v) is 6.66. The van der Waals surface area contributed by atoms with E-state index in [4.69, 9.17) is 15.5 Å². The lowest BCUT2D eigenvalue weighted by Crippen LogP contribution is -2.59. The lowest BCUT2D eigenvalue weighted by atomic mass is 9.98. The second kappa shape index (κ2) is 11.3. The van der Waals surface area contributed by atoms with Crippen molar-refractivity contribution in [2.24, 2.45) is 5.73 Å². The number of nitrogens with two attached hydrogens (primary N) is 1. The van der Waals surface area contributed by atoms with Crippen molar-refractivity contribution in [2.45, 2.75) is 56.8 Å². The SMILES string of the molecule is C[C@H](OP(=O)(O)O)[C@@H](N)C(=O)N1CCCC[C@H]1C(=O)N[C@@H](Cc1ccc2ccccc2c1)C(=O)O. The molecule has 3 rings (SSSR count). The third-order valence-electron chi connectivity index (χ3n) is 6.05. The summed E-state index contributed by atoms with van der Waals surface area (Å²) < 4.78 is 15.6. The standard InChI is InChI=1S/C23H30N3O8P/c1-14(34-35(31,32)33)20(24)22(28)26-11-5-4-8-19(26)21(27)25-18(23(29)30)13-15-9-10-16-6-2-3-7-17(16)12-15/h2-3,6-7,9-10,12,14,18-20H,4-5,8,11,13,24H2,1H3,(H,25,27)(H,29,30)(H2,31,32,33)/t14-,18-,19-,20+/m0/s1. The van der Waals surface area contributed by atoms with E-state index in [-0.39, 0.29) is 13.0 Å². The molecule has 1 aliphatic heterocycles. The predicted octanol–water partition coefficient (Wildman–Crippen LogP) is 1.16. The van der Waals surface area contributed by atoms with Crippen LogP contribution in [0, 0.1) is 0 Å². The van der Waals surface area contributed by atoms with E-state index < -0.39 is 49.8 Å². The fraction of sp³-hybridized carbons (Fsp3) is 0.435. The monoisotopic (exact) mass is 507 g/mol. The molecule has 190 valence electrons. The van der Waals surface area contributed by atoms with Gasteiger partial charge in [0.2, 0.25) is 11.8 Å². The van der Waals surface area contributed by atoms with Gasteiger partial charge in [0.25, 0.3) is 0 Å². The summed E-state index contributed by atoms with van der Waals surface area (Å²) in [6.45, 7) is 1.46. The summed E-state index contributed by atoms with van der Waals surface area (Å²) in [6, 6.07) is 9.63. The molecule has 0 spiro atoms. The van der Waals surface area contributed by atoms with E-state index in [2.05, 4.69) is 9.84 Å². The second-order valence-corrected chi connectivity index (χ2v) is 9.85. The number of piperidine rings is 1. The van der Waals surface area contributed by atoms with Crippen LogP contribution in [-0.4, -0.2) is 68.4 Å². The van der Waals surface area contributed by atoms with Gasteiger partial charge in [-0.2, -0.15) is 0 Å². The third kappa shape index (κ3) is 7.09. The number of phosphoric acid groups is 1. The Morgan fingerprint density at radius 2 is 1.86 bits per heavy atom. The van der Waals surface area contributed by atoms with Gasteiger partial charge < -0.3 is 30.8 Å². The van der Waals surface area contributed by atoms with Crippen LogP contribution in [0.5, 0.6) is 0 Å². The van der Waals surface area contributed by atoms with Crippen LogP contribution >= 0.6 is 7.82 Å². The van der Waals surface area contributed by atoms with Crippen LogP contribution in [0.3, 0.4) is 0 Å². The first-order valence-corrected chi connectivity index (χ1v) is 12.8. The Morgan fingerprint density at radius 1 is 1.17 bits per heavy atom. The van der Waals surface area contributed by atoms with Gasteiger partial charge in [-0.1, -0.05) is 42.5 Å². The highest BCUT2D eigenvalue weighted by molar-refractivity contribution is 7.46. The fourth-order valence-electron chi connectivity index (χ4n) is 4.21. The molecule has 1 aliphatic rings. The molecule has 0 bridgehead atoms. The molecular weight excluding hydrogens is 477 g/mol. The van der Waals surface area contributed by atoms with E-state index in [9.17, 15) is 24.1 Å². The van der Waals surface area contributed by atoms with Crippen molar-refractivity contribution >= 4 is 36.4 Å². The molecule has 11 nitrogen and oxygen atoms in total. The first-order chi connectivity index (χ1) is 16.5. The number of fused-ring (bicyclic) bond motifs is 1. The largest absolute Gasteiger partial charge is 0.480 e. The molecule has 1 saturated heterocycles. The average molecular weight is 507 g/mol. The number of carboxylic acid groups (broad SMARTS) is 1. The van der Waals surface area contributed by atoms with E-state index in [1.54, 1.807) is 0 Å². The van der Waals surface area contributed by atoms with Crippen LogP contribution in [0.2, 0.25) is 0 Å². The maximum Gasteiger partial charge on any atom is 0.469 e. The highest BCUT2D eigenvalue weighted by atomic mass is 31.2. The Hall–Kier alpha value is -2.82. The quantitative estimate of drug-likeness (QED) is 0.311. The van der Waals surface area contributed by atoms with Gasteiger partial charge in [0.1, 0.15) is 18.1 Å². The fourth-order valence-corrected chi connectivity index (χ4v) is 4.78. The van der Waals surface area contributed by atoms with Gasteiger partial charge in [-0.15, -0.1) is 0 Å². The molecule has 0 aromatic heterocycles. The first-order valence-electron chi connectivity index (χ1n) is 11.3. The van der Waals surface area contributed by atoms with Gasteiger partial charge in [-0.05, 0) is 42.5 Å². The summed E-state index contributed by atoms with van der Waals surface area (Å²) >= 11 is 0. The maximum atomic E-state index is 13.1. The number of hydrogen-bond acceptors (Lipinski definition) is 6. The summed E-state index contributed by atoms with van der Waals surface area (Å²) in [4.78, 5) is 57.2. The molecule has 2 aromatic carbocycles. The second-order valence-electron chi connectivity index (χ2n) is 8.66. The maximum absolute atomic E-state index is 13.1. The smallest absolute Gasteiger partial charge is 0.469 e. The molecule has 0 aliphatic carbocycles. The van der Waals surface area contributed by atoms with Crippen LogP contribution in [-0.2, 0) is 29.9 Å². The molecule has 1 fully saturated rings. The minimum absolute atomic E-state index is 0.0548. The van der Waals surface area contributed by atoms with Crippen molar-refractivity contribution < 1.29 is 38.4 Å². The molecule has 0 saturated carbocycles. The number of amides is 2. The normalized spacial score (nSPS) is 19.1. The first kappa shape index (κ1) is 26.8. The van der Waals surface area contributed by atoms with Gasteiger partial charge in [0, 0.05) is 13.0 Å². The van der Waals surface area contributed by atoms with E-state index in [1.807, 2.05) is 42.5 Å². The summed E-state index contributed by atoms with van der Waals surface area (Å²) in [5.74, 6) is -2.53. The Morgan fingerprint density at radius 3 is 2.51 bits per heavy atom. The molecule has 35 heavy (non-hydrogen) atoms. The molecule has 0 radical (unpaired) electrons. The van der Waals surface area contributed by atoms with E-state index in [0.29, 0.717) is 19.3 Å². The van der Waals surface area contributed by atoms with Gasteiger partial charge >= 0.3 is 13.8 Å². The molecule has 2 amide bonds. The number of carboxylic acids is 1. The highest BCUT2D eigenvalue weighted by Crippen LogP contribution is 2.38. The lowest BCUT2D eigenvalue weighted by Gasteiger charge is -2.37. The highest BCUT2D eigenvalue weighted by Gasteiger charge is 2.38. The molecular formula is C23H30N3O8P. The van der Waals surface area contributed by atoms with E-state index in [0.717, 1.165) is 16.3 Å². The average Bonchev–Trinajstić information content (AvgIpc) is 2.81. The molecule has 1 heterocycles. The lowest BCUT2D eigenvalue weighted by molar-refractivity contribution is -0.147. The van der Waals surface area contributed by atoms with Crippen LogP contribution in [0.4, 0.5) is 0 Å². The number of carbonyl (C=O) groups excluding carboxylic acids is 2.